The molecular formula is C14H17N3O3. The van der Waals surface area contributed by atoms with E-state index in [4.69, 9.17) is 11.5 Å². The second-order valence-electron chi connectivity index (χ2n) is 4.89. The maximum atomic E-state index is 12.3. The van der Waals surface area contributed by atoms with Crippen LogP contribution in [0, 0.1) is 5.92 Å². The van der Waals surface area contributed by atoms with Gasteiger partial charge in [-0.25, -0.2) is 4.90 Å². The van der Waals surface area contributed by atoms with Gasteiger partial charge in [-0.3, -0.25) is 14.4 Å². The maximum absolute atomic E-state index is 12.3. The molecule has 0 saturated heterocycles. The van der Waals surface area contributed by atoms with Crippen molar-refractivity contribution in [1.29, 1.82) is 0 Å². The van der Waals surface area contributed by atoms with Crippen molar-refractivity contribution in [2.24, 2.45) is 11.7 Å². The minimum Gasteiger partial charge on any atom is -0.398 e. The molecule has 20 heavy (non-hydrogen) atoms. The quantitative estimate of drug-likeness (QED) is 0.623. The number of benzene rings is 1. The average Bonchev–Trinajstić information content (AvgIpc) is 2.68. The van der Waals surface area contributed by atoms with E-state index < -0.39 is 23.6 Å². The first-order valence-corrected chi connectivity index (χ1v) is 6.50. The number of fused-ring (bicyclic) bond motifs is 1. The third-order valence-electron chi connectivity index (χ3n) is 3.43. The first kappa shape index (κ1) is 14.2. The molecule has 106 valence electrons. The lowest BCUT2D eigenvalue weighted by Gasteiger charge is -2.17. The summed E-state index contributed by atoms with van der Waals surface area (Å²) < 4.78 is 0. The number of hydrogen-bond acceptors (Lipinski definition) is 5. The molecule has 0 saturated carbocycles. The molecule has 1 aromatic carbocycles. The van der Waals surface area contributed by atoms with E-state index in [1.807, 2.05) is 0 Å². The van der Waals surface area contributed by atoms with Crippen LogP contribution in [0.2, 0.25) is 0 Å². The van der Waals surface area contributed by atoms with Crippen molar-refractivity contribution in [2.75, 3.05) is 12.3 Å². The van der Waals surface area contributed by atoms with E-state index in [0.29, 0.717) is 24.3 Å². The number of amides is 3. The normalized spacial score (nSPS) is 15.4. The fourth-order valence-corrected chi connectivity index (χ4v) is 2.28. The average molecular weight is 275 g/mol. The molecule has 6 nitrogen and oxygen atoms in total. The topological polar surface area (TPSA) is 106 Å². The first-order chi connectivity index (χ1) is 9.49. The summed E-state index contributed by atoms with van der Waals surface area (Å²) in [5.41, 5.74) is 11.6. The number of carbonyl (C=O) groups is 3. The van der Waals surface area contributed by atoms with E-state index in [0.717, 1.165) is 0 Å². The molecule has 1 aromatic rings. The highest BCUT2D eigenvalue weighted by Crippen LogP contribution is 2.29. The van der Waals surface area contributed by atoms with E-state index in [2.05, 4.69) is 0 Å². The lowest BCUT2D eigenvalue weighted by atomic mass is 10.0. The molecule has 1 atom stereocenters. The molecule has 1 aliphatic heterocycles. The molecular weight excluding hydrogens is 258 g/mol. The summed E-state index contributed by atoms with van der Waals surface area (Å²) in [5.74, 6) is -2.15. The van der Waals surface area contributed by atoms with Crippen LogP contribution in [0.5, 0.6) is 0 Å². The Bertz CT molecular complexity index is 583. The number of rotatable bonds is 4. The van der Waals surface area contributed by atoms with Crippen LogP contribution in [0.4, 0.5) is 5.69 Å². The highest BCUT2D eigenvalue weighted by molar-refractivity contribution is 6.30. The first-order valence-electron chi connectivity index (χ1n) is 6.50. The molecule has 3 amide bonds. The maximum Gasteiger partial charge on any atom is 0.270 e. The van der Waals surface area contributed by atoms with Crippen LogP contribution in [0.1, 0.15) is 40.5 Å². The zero-order valence-corrected chi connectivity index (χ0v) is 11.3. The van der Waals surface area contributed by atoms with Gasteiger partial charge in [-0.2, -0.15) is 0 Å². The molecule has 1 heterocycles. The van der Waals surface area contributed by atoms with Gasteiger partial charge in [0.15, 0.2) is 0 Å². The largest absolute Gasteiger partial charge is 0.398 e. The van der Waals surface area contributed by atoms with Crippen molar-refractivity contribution < 1.29 is 14.4 Å². The Morgan fingerprint density at radius 2 is 2.00 bits per heavy atom. The highest BCUT2D eigenvalue weighted by atomic mass is 16.2. The minimum atomic E-state index is -0.632. The fourth-order valence-electron chi connectivity index (χ4n) is 2.28. The van der Waals surface area contributed by atoms with Crippen LogP contribution in [0.25, 0.3) is 0 Å². The van der Waals surface area contributed by atoms with Crippen LogP contribution in [0.3, 0.4) is 0 Å². The predicted molar refractivity (Wildman–Crippen MR) is 73.8 cm³/mol. The number of imide groups is 3. The lowest BCUT2D eigenvalue weighted by molar-refractivity contribution is -0.130. The van der Waals surface area contributed by atoms with Gasteiger partial charge in [0.1, 0.15) is 0 Å². The van der Waals surface area contributed by atoms with Crippen LogP contribution < -0.4 is 11.5 Å². The van der Waals surface area contributed by atoms with Gasteiger partial charge in [0.25, 0.3) is 11.8 Å². The number of carbonyl (C=O) groups excluding carboxylic acids is 3. The Labute approximate surface area is 116 Å². The Balaban J connectivity index is 2.29. The van der Waals surface area contributed by atoms with Crippen LogP contribution >= 0.6 is 0 Å². The van der Waals surface area contributed by atoms with Gasteiger partial charge in [-0.1, -0.05) is 13.0 Å². The Hall–Kier alpha value is -2.21. The van der Waals surface area contributed by atoms with Crippen molar-refractivity contribution in [3.63, 3.8) is 0 Å². The number of nitrogens with two attached hydrogens (primary N) is 2. The highest BCUT2D eigenvalue weighted by Gasteiger charge is 2.42. The van der Waals surface area contributed by atoms with Crippen molar-refractivity contribution in [1.82, 2.24) is 4.90 Å². The summed E-state index contributed by atoms with van der Waals surface area (Å²) in [7, 11) is 0. The molecule has 0 radical (unpaired) electrons. The van der Waals surface area contributed by atoms with Crippen molar-refractivity contribution >= 4 is 23.4 Å². The van der Waals surface area contributed by atoms with E-state index >= 15 is 0 Å². The molecule has 0 spiro atoms. The van der Waals surface area contributed by atoms with Crippen molar-refractivity contribution in [3.8, 4) is 0 Å². The minimum absolute atomic E-state index is 0.122. The lowest BCUT2D eigenvalue weighted by Crippen LogP contribution is -2.39. The molecule has 0 bridgehead atoms. The second kappa shape index (κ2) is 5.42. The van der Waals surface area contributed by atoms with E-state index in [1.165, 1.54) is 12.1 Å². The van der Waals surface area contributed by atoms with Gasteiger partial charge < -0.3 is 11.5 Å². The molecule has 0 aliphatic carbocycles. The van der Waals surface area contributed by atoms with Gasteiger partial charge in [0.05, 0.1) is 11.1 Å². The molecule has 4 N–H and O–H groups in total. The third kappa shape index (κ3) is 2.18. The third-order valence-corrected chi connectivity index (χ3v) is 3.43. The van der Waals surface area contributed by atoms with E-state index in [-0.39, 0.29) is 16.8 Å². The summed E-state index contributed by atoms with van der Waals surface area (Å²) in [6, 6.07) is 4.63. The summed E-state index contributed by atoms with van der Waals surface area (Å²) in [6.45, 7) is 2.15. The Kier molecular flexibility index (Phi) is 3.85. The smallest absolute Gasteiger partial charge is 0.270 e. The predicted octanol–water partition coefficient (Wildman–Crippen LogP) is 0.766. The number of anilines is 1. The van der Waals surface area contributed by atoms with Gasteiger partial charge >= 0.3 is 0 Å². The standard InChI is InChI=1S/C14H17N3O3/c1-8(4-3-7-15)12(18)17-13(19)9-5-2-6-10(16)11(9)14(17)20/h2,5-6,8H,3-4,7,15-16H2,1H3. The summed E-state index contributed by atoms with van der Waals surface area (Å²) >= 11 is 0. The summed E-state index contributed by atoms with van der Waals surface area (Å²) in [5, 5.41) is 0. The molecule has 2 rings (SSSR count). The van der Waals surface area contributed by atoms with Gasteiger partial charge in [0, 0.05) is 11.6 Å². The van der Waals surface area contributed by atoms with E-state index in [1.54, 1.807) is 13.0 Å². The Morgan fingerprint density at radius 1 is 1.30 bits per heavy atom. The summed E-state index contributed by atoms with van der Waals surface area (Å²) in [4.78, 5) is 37.4. The van der Waals surface area contributed by atoms with Crippen molar-refractivity contribution in [3.05, 3.63) is 29.3 Å². The molecule has 6 heteroatoms. The van der Waals surface area contributed by atoms with Crippen LogP contribution in [-0.4, -0.2) is 29.2 Å². The molecule has 1 unspecified atom stereocenters. The SMILES string of the molecule is CC(CCCN)C(=O)N1C(=O)c2cccc(N)c2C1=O. The molecule has 1 aliphatic rings. The Morgan fingerprint density at radius 3 is 2.60 bits per heavy atom. The van der Waals surface area contributed by atoms with Crippen LogP contribution in [0.15, 0.2) is 18.2 Å². The number of nitrogens with zero attached hydrogens (tertiary/aromatic N) is 1. The van der Waals surface area contributed by atoms with Gasteiger partial charge in [-0.15, -0.1) is 0 Å². The number of hydrogen-bond donors (Lipinski definition) is 2. The number of nitrogen functional groups attached to an aromatic ring is 1. The van der Waals surface area contributed by atoms with Gasteiger partial charge in [-0.05, 0) is 31.5 Å². The zero-order chi connectivity index (χ0) is 14.9. The van der Waals surface area contributed by atoms with E-state index in [9.17, 15) is 14.4 Å². The molecule has 0 fully saturated rings. The molecule has 0 aromatic heterocycles. The van der Waals surface area contributed by atoms with Crippen molar-refractivity contribution in [2.45, 2.75) is 19.8 Å². The summed E-state index contributed by atoms with van der Waals surface area (Å²) in [6.07, 6.45) is 1.20. The zero-order valence-electron chi connectivity index (χ0n) is 11.3. The van der Waals surface area contributed by atoms with Gasteiger partial charge in [0.2, 0.25) is 5.91 Å². The second-order valence-corrected chi connectivity index (χ2v) is 4.89. The fraction of sp³-hybridized carbons (Fsp3) is 0.357. The van der Waals surface area contributed by atoms with Crippen LogP contribution in [-0.2, 0) is 4.79 Å². The monoisotopic (exact) mass is 275 g/mol.